The highest BCUT2D eigenvalue weighted by Crippen LogP contribution is 2.41. The van der Waals surface area contributed by atoms with E-state index in [-0.39, 0.29) is 38.2 Å². The van der Waals surface area contributed by atoms with Crippen LogP contribution in [0.25, 0.3) is 0 Å². The predicted octanol–water partition coefficient (Wildman–Crippen LogP) is 2.90. The zero-order valence-corrected chi connectivity index (χ0v) is 30.3. The third-order valence-corrected chi connectivity index (χ3v) is 10.4. The van der Waals surface area contributed by atoms with Gasteiger partial charge >= 0.3 is 5.97 Å². The molecule has 12 heteroatoms. The number of aliphatic hydroxyl groups excluding tert-OH is 2. The second-order valence-electron chi connectivity index (χ2n) is 14.9. The molecule has 0 aromatic heterocycles. The normalized spacial score (nSPS) is 45.6. The maximum absolute atomic E-state index is 13.7. The minimum atomic E-state index is -1.71. The van der Waals surface area contributed by atoms with E-state index < -0.39 is 83.6 Å². The van der Waals surface area contributed by atoms with Crippen LogP contribution in [0.3, 0.4) is 0 Å². The number of rotatable bonds is 4. The summed E-state index contributed by atoms with van der Waals surface area (Å²) in [6, 6.07) is -0.251. The maximum atomic E-state index is 13.7. The van der Waals surface area contributed by atoms with Gasteiger partial charge in [-0.1, -0.05) is 34.3 Å². The number of aliphatic imine (C=N–C) groups is 1. The molecule has 0 aromatic carbocycles. The Kier molecular flexibility index (Phi) is 13.4. The topological polar surface area (TPSA) is 157 Å². The van der Waals surface area contributed by atoms with E-state index in [4.69, 9.17) is 23.7 Å². The number of cyclic esters (lactones) is 1. The SMILES string of the molecule is C=C1CO[C@@H]2[C@@H](C)C(=NC(C)=O)[C@H](C)C[C@@](C)(OC1)[C@H](O[C@@H]1O[C@H](C)C[C@H](N(C)C)[C@H]1O)[C@@H](C)[C@H](O)[C@@H](C)C(=O)O[C@H](CC)[C@@]2(C)O. The standard InChI is InChI=1S/C35H60N2O10/c1-13-26-35(10,42)31-21(5)27(36-24(8)38)19(3)15-34(9,44-17-18(2)16-43-31)30(22(6)28(39)23(7)32(41)46-26)47-33-29(40)25(37(11)12)14-20(4)45-33/h19-23,25-26,28-31,33,39-40,42H,2,13-17H2,1,3-12H3/t19-,20-,21+,22+,23-,25+,26-,28+,29-,30-,31-,33+,34-,35-/m1/s1. The molecule has 0 aromatic rings. The van der Waals surface area contributed by atoms with Crippen LogP contribution in [-0.2, 0) is 33.3 Å². The highest BCUT2D eigenvalue weighted by Gasteiger charge is 2.52. The lowest BCUT2D eigenvalue weighted by molar-refractivity contribution is -0.302. The average Bonchev–Trinajstić information content (AvgIpc) is 3.00. The van der Waals surface area contributed by atoms with Crippen molar-refractivity contribution in [2.45, 2.75) is 142 Å². The van der Waals surface area contributed by atoms with Gasteiger partial charge < -0.3 is 43.9 Å². The number of amides is 1. The van der Waals surface area contributed by atoms with Crippen molar-refractivity contribution in [1.82, 2.24) is 4.90 Å². The molecule has 0 unspecified atom stereocenters. The highest BCUT2D eigenvalue weighted by atomic mass is 16.7. The third-order valence-electron chi connectivity index (χ3n) is 10.4. The van der Waals surface area contributed by atoms with E-state index in [1.807, 2.05) is 46.7 Å². The van der Waals surface area contributed by atoms with Crippen LogP contribution >= 0.6 is 0 Å². The molecule has 3 fully saturated rings. The summed E-state index contributed by atoms with van der Waals surface area (Å²) >= 11 is 0. The third kappa shape index (κ3) is 8.88. The predicted molar refractivity (Wildman–Crippen MR) is 177 cm³/mol. The Labute approximate surface area is 280 Å². The van der Waals surface area contributed by atoms with Crippen LogP contribution in [0.15, 0.2) is 17.1 Å². The lowest BCUT2D eigenvalue weighted by Gasteiger charge is -2.48. The van der Waals surface area contributed by atoms with Crippen molar-refractivity contribution in [3.8, 4) is 0 Å². The Bertz CT molecular complexity index is 1140. The molecule has 3 aliphatic heterocycles. The number of nitrogens with zero attached hydrogens (tertiary/aromatic N) is 2. The van der Waals surface area contributed by atoms with Crippen LogP contribution in [0.1, 0.15) is 81.6 Å². The second-order valence-corrected chi connectivity index (χ2v) is 14.9. The Morgan fingerprint density at radius 2 is 1.72 bits per heavy atom. The fourth-order valence-electron chi connectivity index (χ4n) is 7.75. The van der Waals surface area contributed by atoms with Gasteiger partial charge in [0.05, 0.1) is 49.1 Å². The summed E-state index contributed by atoms with van der Waals surface area (Å²) in [6.45, 7) is 19.9. The van der Waals surface area contributed by atoms with Crippen molar-refractivity contribution in [3.63, 3.8) is 0 Å². The van der Waals surface area contributed by atoms with Crippen molar-refractivity contribution in [3.05, 3.63) is 12.2 Å². The lowest BCUT2D eigenvalue weighted by atomic mass is 9.73. The van der Waals surface area contributed by atoms with Gasteiger partial charge in [-0.25, -0.2) is 4.99 Å². The molecule has 47 heavy (non-hydrogen) atoms. The molecule has 12 nitrogen and oxygen atoms in total. The van der Waals surface area contributed by atoms with Crippen LogP contribution in [0.2, 0.25) is 0 Å². The molecule has 270 valence electrons. The molecule has 0 saturated carbocycles. The van der Waals surface area contributed by atoms with E-state index in [0.29, 0.717) is 17.7 Å². The van der Waals surface area contributed by atoms with Gasteiger partial charge in [-0.3, -0.25) is 9.59 Å². The number of esters is 1. The Balaban J connectivity index is 2.28. The molecule has 14 atom stereocenters. The van der Waals surface area contributed by atoms with Gasteiger partial charge in [-0.05, 0) is 72.5 Å². The lowest BCUT2D eigenvalue weighted by Crippen LogP contribution is -2.60. The molecule has 2 bridgehead atoms. The van der Waals surface area contributed by atoms with E-state index in [0.717, 1.165) is 0 Å². The van der Waals surface area contributed by atoms with E-state index in [9.17, 15) is 24.9 Å². The quantitative estimate of drug-likeness (QED) is 0.299. The summed E-state index contributed by atoms with van der Waals surface area (Å²) in [5, 5.41) is 35.3. The highest BCUT2D eigenvalue weighted by molar-refractivity contribution is 5.97. The fraction of sp³-hybridized carbons (Fsp3) is 0.857. The Hall–Kier alpha value is -1.77. The molecular formula is C35H60N2O10. The molecule has 1 amide bonds. The van der Waals surface area contributed by atoms with E-state index in [1.54, 1.807) is 27.7 Å². The summed E-state index contributed by atoms with van der Waals surface area (Å²) in [6.07, 6.45) is -5.37. The first-order valence-electron chi connectivity index (χ1n) is 17.0. The molecule has 0 spiro atoms. The minimum absolute atomic E-state index is 0.0138. The van der Waals surface area contributed by atoms with Gasteiger partial charge in [0, 0.05) is 30.5 Å². The van der Waals surface area contributed by atoms with Crippen LogP contribution in [0, 0.1) is 23.7 Å². The van der Waals surface area contributed by atoms with Gasteiger partial charge in [0.1, 0.15) is 17.8 Å². The van der Waals surface area contributed by atoms with E-state index >= 15 is 0 Å². The Morgan fingerprint density at radius 1 is 1.09 bits per heavy atom. The zero-order valence-electron chi connectivity index (χ0n) is 30.3. The maximum Gasteiger partial charge on any atom is 0.311 e. The first-order valence-corrected chi connectivity index (χ1v) is 17.0. The molecular weight excluding hydrogens is 608 g/mol. The van der Waals surface area contributed by atoms with Crippen LogP contribution in [-0.4, -0.2) is 125 Å². The van der Waals surface area contributed by atoms with Crippen LogP contribution in [0.4, 0.5) is 0 Å². The number of ether oxygens (including phenoxy) is 5. The van der Waals surface area contributed by atoms with Gasteiger partial charge in [0.25, 0.3) is 0 Å². The number of carbonyl (C=O) groups is 2. The fourth-order valence-corrected chi connectivity index (χ4v) is 7.75. The number of aliphatic hydroxyl groups is 3. The molecule has 3 rings (SSSR count). The Morgan fingerprint density at radius 3 is 2.30 bits per heavy atom. The van der Waals surface area contributed by atoms with E-state index in [1.165, 1.54) is 6.92 Å². The van der Waals surface area contributed by atoms with Gasteiger partial charge in [-0.2, -0.15) is 0 Å². The van der Waals surface area contributed by atoms with Crippen LogP contribution in [0.5, 0.6) is 0 Å². The molecule has 0 radical (unpaired) electrons. The number of fused-ring (bicyclic) bond motifs is 5. The number of hydrogen-bond donors (Lipinski definition) is 3. The van der Waals surface area contributed by atoms with Crippen molar-refractivity contribution >= 4 is 17.6 Å². The minimum Gasteiger partial charge on any atom is -0.459 e. The van der Waals surface area contributed by atoms with Crippen molar-refractivity contribution in [2.24, 2.45) is 28.7 Å². The number of likely N-dealkylation sites (N-methyl/N-ethyl adjacent to an activating group) is 1. The molecule has 0 aliphatic carbocycles. The monoisotopic (exact) mass is 668 g/mol. The number of carbonyl (C=O) groups excluding carboxylic acids is 2. The average molecular weight is 669 g/mol. The van der Waals surface area contributed by atoms with Crippen LogP contribution < -0.4 is 0 Å². The van der Waals surface area contributed by atoms with E-state index in [2.05, 4.69) is 11.6 Å². The summed E-state index contributed by atoms with van der Waals surface area (Å²) in [5.41, 5.74) is -1.84. The van der Waals surface area contributed by atoms with Crippen molar-refractivity contribution in [1.29, 1.82) is 0 Å². The second kappa shape index (κ2) is 15.8. The molecule has 3 aliphatic rings. The molecule has 3 heterocycles. The summed E-state index contributed by atoms with van der Waals surface area (Å²) < 4.78 is 31.9. The van der Waals surface area contributed by atoms with Gasteiger partial charge in [0.2, 0.25) is 5.91 Å². The first-order chi connectivity index (χ1) is 21.7. The summed E-state index contributed by atoms with van der Waals surface area (Å²) in [7, 11) is 3.78. The van der Waals surface area contributed by atoms with Gasteiger partial charge in [-0.15, -0.1) is 0 Å². The first kappa shape index (κ1) is 39.7. The zero-order chi connectivity index (χ0) is 35.6. The molecule has 3 N–H and O–H groups in total. The number of hydrogen-bond acceptors (Lipinski definition) is 11. The van der Waals surface area contributed by atoms with Crippen molar-refractivity contribution in [2.75, 3.05) is 27.3 Å². The summed E-state index contributed by atoms with van der Waals surface area (Å²) in [5.74, 6) is -3.87. The van der Waals surface area contributed by atoms with Gasteiger partial charge in [0.15, 0.2) is 6.29 Å². The van der Waals surface area contributed by atoms with Crippen molar-refractivity contribution < 1.29 is 48.6 Å². The smallest absolute Gasteiger partial charge is 0.311 e. The molecule has 3 saturated heterocycles. The summed E-state index contributed by atoms with van der Waals surface area (Å²) in [4.78, 5) is 32.6. The largest absolute Gasteiger partial charge is 0.459 e.